The number of fused-ring (bicyclic) bond motifs is 1. The van der Waals surface area contributed by atoms with Crippen molar-refractivity contribution >= 4 is 22.7 Å². The van der Waals surface area contributed by atoms with E-state index in [1.165, 1.54) is 19.2 Å². The first-order valence-corrected chi connectivity index (χ1v) is 11.0. The van der Waals surface area contributed by atoms with E-state index in [4.69, 9.17) is 14.2 Å². The normalized spacial score (nSPS) is 18.2. The van der Waals surface area contributed by atoms with Gasteiger partial charge in [-0.15, -0.1) is 0 Å². The number of carbonyl (C=O) groups is 2. The van der Waals surface area contributed by atoms with Crippen molar-refractivity contribution in [2.24, 2.45) is 0 Å². The molecule has 34 heavy (non-hydrogen) atoms. The Balaban J connectivity index is 1.56. The molecule has 3 aromatic rings. The maximum absolute atomic E-state index is 14.5. The Morgan fingerprint density at radius 1 is 0.912 bits per heavy atom. The van der Waals surface area contributed by atoms with Gasteiger partial charge in [0, 0.05) is 36.6 Å². The van der Waals surface area contributed by atoms with Gasteiger partial charge in [-0.1, -0.05) is 0 Å². The number of benzene rings is 2. The number of H-pyrrole nitrogens is 1. The summed E-state index contributed by atoms with van der Waals surface area (Å²) in [4.78, 5) is 33.0. The molecule has 0 radical (unpaired) electrons. The lowest BCUT2D eigenvalue weighted by Crippen LogP contribution is -2.59. The molecule has 2 heterocycles. The van der Waals surface area contributed by atoms with Gasteiger partial charge in [0.25, 0.3) is 11.8 Å². The van der Waals surface area contributed by atoms with Crippen LogP contribution in [0, 0.1) is 5.82 Å². The van der Waals surface area contributed by atoms with Crippen LogP contribution in [-0.4, -0.2) is 73.1 Å². The fraction of sp³-hybridized carbons (Fsp3) is 0.360. The summed E-state index contributed by atoms with van der Waals surface area (Å²) in [7, 11) is 4.58. The zero-order valence-corrected chi connectivity index (χ0v) is 19.8. The van der Waals surface area contributed by atoms with Crippen LogP contribution < -0.4 is 14.2 Å². The fourth-order valence-electron chi connectivity index (χ4n) is 4.63. The lowest BCUT2D eigenvalue weighted by Gasteiger charge is -2.44. The number of aromatic amines is 1. The molecule has 1 fully saturated rings. The smallest absolute Gasteiger partial charge is 0.270 e. The van der Waals surface area contributed by atoms with Gasteiger partial charge in [-0.05, 0) is 44.2 Å². The number of methoxy groups -OCH3 is 3. The van der Waals surface area contributed by atoms with Crippen molar-refractivity contribution < 1.29 is 28.2 Å². The van der Waals surface area contributed by atoms with Crippen molar-refractivity contribution in [3.8, 4) is 17.2 Å². The van der Waals surface area contributed by atoms with Crippen molar-refractivity contribution in [3.05, 3.63) is 53.5 Å². The monoisotopic (exact) mass is 469 g/mol. The molecule has 1 N–H and O–H groups in total. The molecule has 8 nitrogen and oxygen atoms in total. The number of rotatable bonds is 5. The SMILES string of the molecule is COc1ccc(C(=O)N2[C@H](C)CN(C(=O)c3cc4c(OC)ccc(OC)c4[nH]3)C[C@H]2C)c(F)c1. The molecular formula is C25H28FN3O5. The molecular weight excluding hydrogens is 441 g/mol. The van der Waals surface area contributed by atoms with Crippen LogP contribution in [0.1, 0.15) is 34.7 Å². The summed E-state index contributed by atoms with van der Waals surface area (Å²) < 4.78 is 30.4. The van der Waals surface area contributed by atoms with E-state index in [0.717, 1.165) is 5.39 Å². The second kappa shape index (κ2) is 9.24. The third kappa shape index (κ3) is 4.02. The van der Waals surface area contributed by atoms with Gasteiger partial charge in [0.1, 0.15) is 28.8 Å². The van der Waals surface area contributed by atoms with Crippen molar-refractivity contribution in [1.82, 2.24) is 14.8 Å². The van der Waals surface area contributed by atoms with Gasteiger partial charge in [0.05, 0.1) is 32.4 Å². The van der Waals surface area contributed by atoms with Crippen molar-refractivity contribution in [2.75, 3.05) is 34.4 Å². The Morgan fingerprint density at radius 3 is 2.15 bits per heavy atom. The number of nitrogens with zero attached hydrogens (tertiary/aromatic N) is 2. The Kier molecular flexibility index (Phi) is 6.37. The number of ether oxygens (including phenoxy) is 3. The predicted molar refractivity (Wildman–Crippen MR) is 125 cm³/mol. The van der Waals surface area contributed by atoms with Gasteiger partial charge in [0.2, 0.25) is 0 Å². The summed E-state index contributed by atoms with van der Waals surface area (Å²) in [6.07, 6.45) is 0. The highest BCUT2D eigenvalue weighted by Gasteiger charge is 2.36. The lowest BCUT2D eigenvalue weighted by molar-refractivity contribution is 0.0249. The molecule has 180 valence electrons. The zero-order valence-electron chi connectivity index (χ0n) is 19.8. The average Bonchev–Trinajstić information content (AvgIpc) is 3.27. The van der Waals surface area contributed by atoms with E-state index in [0.29, 0.717) is 41.5 Å². The second-order valence-electron chi connectivity index (χ2n) is 8.41. The molecule has 0 spiro atoms. The van der Waals surface area contributed by atoms with Crippen LogP contribution in [-0.2, 0) is 0 Å². The fourth-order valence-corrected chi connectivity index (χ4v) is 4.63. The first-order chi connectivity index (χ1) is 16.3. The van der Waals surface area contributed by atoms with Crippen molar-refractivity contribution in [1.29, 1.82) is 0 Å². The van der Waals surface area contributed by atoms with Crippen LogP contribution in [0.15, 0.2) is 36.4 Å². The number of nitrogens with one attached hydrogen (secondary N) is 1. The van der Waals surface area contributed by atoms with E-state index in [1.54, 1.807) is 48.3 Å². The minimum absolute atomic E-state index is 0.0194. The quantitative estimate of drug-likeness (QED) is 0.616. The number of piperazine rings is 1. The number of amides is 2. The van der Waals surface area contributed by atoms with Crippen LogP contribution in [0.4, 0.5) is 4.39 Å². The van der Waals surface area contributed by atoms with Crippen LogP contribution in [0.3, 0.4) is 0 Å². The first kappa shape index (κ1) is 23.4. The molecule has 1 aliphatic heterocycles. The first-order valence-electron chi connectivity index (χ1n) is 11.0. The molecule has 0 bridgehead atoms. The number of carbonyl (C=O) groups excluding carboxylic acids is 2. The van der Waals surface area contributed by atoms with E-state index in [-0.39, 0.29) is 23.6 Å². The minimum atomic E-state index is -0.636. The van der Waals surface area contributed by atoms with Gasteiger partial charge in [-0.2, -0.15) is 0 Å². The van der Waals surface area contributed by atoms with Gasteiger partial charge in [0.15, 0.2) is 0 Å². The molecule has 1 saturated heterocycles. The molecule has 2 amide bonds. The molecule has 2 atom stereocenters. The van der Waals surface area contributed by atoms with Crippen LogP contribution in [0.2, 0.25) is 0 Å². The Morgan fingerprint density at radius 2 is 1.56 bits per heavy atom. The Hall–Kier alpha value is -3.75. The molecule has 0 saturated carbocycles. The second-order valence-corrected chi connectivity index (χ2v) is 8.41. The highest BCUT2D eigenvalue weighted by molar-refractivity contribution is 6.02. The molecule has 0 aliphatic carbocycles. The predicted octanol–water partition coefficient (Wildman–Crippen LogP) is 3.71. The number of hydrogen-bond acceptors (Lipinski definition) is 5. The summed E-state index contributed by atoms with van der Waals surface area (Å²) in [6.45, 7) is 4.34. The van der Waals surface area contributed by atoms with Crippen molar-refractivity contribution in [3.63, 3.8) is 0 Å². The van der Waals surface area contributed by atoms with Crippen molar-refractivity contribution in [2.45, 2.75) is 25.9 Å². The molecule has 1 aliphatic rings. The van der Waals surface area contributed by atoms with E-state index >= 15 is 0 Å². The number of halogens is 1. The Labute approximate surface area is 197 Å². The summed E-state index contributed by atoms with van der Waals surface area (Å²) in [5, 5.41) is 0.745. The molecule has 0 unspecified atom stereocenters. The summed E-state index contributed by atoms with van der Waals surface area (Å²) in [6, 6.07) is 8.88. The highest BCUT2D eigenvalue weighted by Crippen LogP contribution is 2.34. The summed E-state index contributed by atoms with van der Waals surface area (Å²) >= 11 is 0. The zero-order chi connectivity index (χ0) is 24.6. The van der Waals surface area contributed by atoms with Crippen LogP contribution >= 0.6 is 0 Å². The van der Waals surface area contributed by atoms with Gasteiger partial charge < -0.3 is 29.0 Å². The molecule has 4 rings (SSSR count). The van der Waals surface area contributed by atoms with E-state index in [9.17, 15) is 14.0 Å². The topological polar surface area (TPSA) is 84.1 Å². The lowest BCUT2D eigenvalue weighted by atomic mass is 10.0. The van der Waals surface area contributed by atoms with Gasteiger partial charge >= 0.3 is 0 Å². The van der Waals surface area contributed by atoms with Gasteiger partial charge in [-0.3, -0.25) is 9.59 Å². The standard InChI is InChI=1S/C25H28FN3O5/c1-14-12-28(13-15(2)29(14)24(30)17-7-6-16(32-3)10-19(17)26)25(31)20-11-18-21(33-4)8-9-22(34-5)23(18)27-20/h6-11,14-15,27H,12-13H2,1-5H3/t14-,15-/m1/s1. The van der Waals surface area contributed by atoms with E-state index < -0.39 is 11.7 Å². The van der Waals surface area contributed by atoms with E-state index in [2.05, 4.69) is 4.98 Å². The van der Waals surface area contributed by atoms with Crippen LogP contribution in [0.25, 0.3) is 10.9 Å². The molecule has 1 aromatic heterocycles. The largest absolute Gasteiger partial charge is 0.497 e. The van der Waals surface area contributed by atoms with E-state index in [1.807, 2.05) is 13.8 Å². The average molecular weight is 470 g/mol. The summed E-state index contributed by atoms with van der Waals surface area (Å²) in [5.41, 5.74) is 1.06. The third-order valence-electron chi connectivity index (χ3n) is 6.23. The minimum Gasteiger partial charge on any atom is -0.497 e. The number of hydrogen-bond donors (Lipinski definition) is 1. The molecule has 9 heteroatoms. The number of aromatic nitrogens is 1. The summed E-state index contributed by atoms with van der Waals surface area (Å²) in [5.74, 6) is 0.341. The van der Waals surface area contributed by atoms with Crippen LogP contribution in [0.5, 0.6) is 17.2 Å². The Bertz CT molecular complexity index is 1190. The molecule has 2 aromatic carbocycles. The highest BCUT2D eigenvalue weighted by atomic mass is 19.1. The maximum Gasteiger partial charge on any atom is 0.270 e. The third-order valence-corrected chi connectivity index (χ3v) is 6.23. The maximum atomic E-state index is 14.5. The van der Waals surface area contributed by atoms with Gasteiger partial charge in [-0.25, -0.2) is 4.39 Å².